The largest absolute Gasteiger partial charge is 0.390 e. The van der Waals surface area contributed by atoms with Crippen molar-refractivity contribution in [3.8, 4) is 0 Å². The quantitative estimate of drug-likeness (QED) is 0.182. The Hall–Kier alpha value is -3.57. The zero-order valence-corrected chi connectivity index (χ0v) is 25.7. The van der Waals surface area contributed by atoms with E-state index in [0.717, 1.165) is 15.8 Å². The van der Waals surface area contributed by atoms with Gasteiger partial charge in [0.1, 0.15) is 5.25 Å². The lowest BCUT2D eigenvalue weighted by Crippen LogP contribution is -2.51. The molecule has 1 amide bonds. The molecule has 4 aromatic rings. The molecule has 222 valence electrons. The predicted molar refractivity (Wildman–Crippen MR) is 171 cm³/mol. The zero-order chi connectivity index (χ0) is 30.4. The minimum Gasteiger partial charge on any atom is -0.390 e. The average Bonchev–Trinajstić information content (AvgIpc) is 3.32. The van der Waals surface area contributed by atoms with Crippen molar-refractivity contribution < 1.29 is 18.3 Å². The Labute approximate surface area is 252 Å². The van der Waals surface area contributed by atoms with E-state index in [1.54, 1.807) is 30.3 Å². The van der Waals surface area contributed by atoms with Crippen LogP contribution in [0, 0.1) is 12.8 Å². The molecule has 8 nitrogen and oxygen atoms in total. The summed E-state index contributed by atoms with van der Waals surface area (Å²) in [6.07, 6.45) is 0.534. The van der Waals surface area contributed by atoms with Gasteiger partial charge in [-0.15, -0.1) is 6.58 Å². The Morgan fingerprint density at radius 1 is 1.10 bits per heavy atom. The second-order valence-electron chi connectivity index (χ2n) is 10.8. The molecule has 10 heteroatoms. The number of aliphatic hydroxyl groups is 1. The van der Waals surface area contributed by atoms with Gasteiger partial charge in [0.2, 0.25) is 10.0 Å². The molecule has 42 heavy (non-hydrogen) atoms. The standard InChI is InChI=1S/C32H38N4O4S2/c1-5-30(24-15-16-26-29(18-24)41-32(33)35-26)42(39,40)36(19-21(2)3)20-28(37)27(17-23-12-7-6-8-13-23)34-31(38)25-14-10-9-11-22(25)4/h5-16,18,21,27-28,30,37H,1,17,19-20H2,2-4H3,(H2,33,35)(H,34,38). The van der Waals surface area contributed by atoms with Crippen molar-refractivity contribution >= 4 is 42.6 Å². The summed E-state index contributed by atoms with van der Waals surface area (Å²) >= 11 is 1.29. The summed E-state index contributed by atoms with van der Waals surface area (Å²) < 4.78 is 30.4. The number of aliphatic hydroxyl groups excluding tert-OH is 1. The number of sulfonamides is 1. The number of nitrogens with two attached hydrogens (primary N) is 1. The third kappa shape index (κ3) is 7.43. The number of fused-ring (bicyclic) bond motifs is 1. The lowest BCUT2D eigenvalue weighted by molar-refractivity contribution is 0.0775. The van der Waals surface area contributed by atoms with E-state index in [2.05, 4.69) is 16.9 Å². The van der Waals surface area contributed by atoms with Gasteiger partial charge in [-0.2, -0.15) is 4.31 Å². The number of aryl methyl sites for hydroxylation is 1. The van der Waals surface area contributed by atoms with Crippen LogP contribution in [-0.4, -0.2) is 54.0 Å². The van der Waals surface area contributed by atoms with Crippen LogP contribution in [0.4, 0.5) is 5.13 Å². The Balaban J connectivity index is 1.64. The van der Waals surface area contributed by atoms with Crippen molar-refractivity contribution in [3.63, 3.8) is 0 Å². The lowest BCUT2D eigenvalue weighted by atomic mass is 9.99. The van der Waals surface area contributed by atoms with Crippen LogP contribution in [0.15, 0.2) is 85.5 Å². The SMILES string of the molecule is C=CC(c1ccc2nc(N)sc2c1)S(=O)(=O)N(CC(C)C)CC(O)C(Cc1ccccc1)NC(=O)c1ccccc1C. The average molecular weight is 607 g/mol. The van der Waals surface area contributed by atoms with Crippen LogP contribution < -0.4 is 11.1 Å². The van der Waals surface area contributed by atoms with Gasteiger partial charge in [0.15, 0.2) is 5.13 Å². The molecule has 0 fully saturated rings. The van der Waals surface area contributed by atoms with Gasteiger partial charge in [-0.05, 0) is 54.2 Å². The van der Waals surface area contributed by atoms with Gasteiger partial charge in [-0.1, -0.05) is 85.9 Å². The Morgan fingerprint density at radius 2 is 1.79 bits per heavy atom. The smallest absolute Gasteiger partial charge is 0.251 e. The van der Waals surface area contributed by atoms with E-state index >= 15 is 0 Å². The number of nitrogens with zero attached hydrogens (tertiary/aromatic N) is 2. The van der Waals surface area contributed by atoms with E-state index in [0.29, 0.717) is 28.2 Å². The number of aromatic nitrogens is 1. The molecule has 0 saturated heterocycles. The fraction of sp³-hybridized carbons (Fsp3) is 0.312. The molecule has 0 bridgehead atoms. The summed E-state index contributed by atoms with van der Waals surface area (Å²) in [7, 11) is -4.02. The van der Waals surface area contributed by atoms with E-state index in [1.807, 2.05) is 63.2 Å². The van der Waals surface area contributed by atoms with Crippen LogP contribution in [-0.2, 0) is 16.4 Å². The maximum Gasteiger partial charge on any atom is 0.251 e. The van der Waals surface area contributed by atoms with Gasteiger partial charge >= 0.3 is 0 Å². The first kappa shape index (κ1) is 31.4. The summed E-state index contributed by atoms with van der Waals surface area (Å²) in [5.74, 6) is -0.345. The molecule has 0 saturated carbocycles. The van der Waals surface area contributed by atoms with E-state index in [4.69, 9.17) is 5.73 Å². The topological polar surface area (TPSA) is 126 Å². The summed E-state index contributed by atoms with van der Waals surface area (Å²) in [6.45, 7) is 9.51. The number of carbonyl (C=O) groups excluding carboxylic acids is 1. The third-order valence-electron chi connectivity index (χ3n) is 7.08. The molecule has 0 radical (unpaired) electrons. The van der Waals surface area contributed by atoms with Gasteiger partial charge < -0.3 is 16.2 Å². The first-order valence-corrected chi connectivity index (χ1v) is 16.2. The number of amides is 1. The van der Waals surface area contributed by atoms with Crippen molar-refractivity contribution in [1.82, 2.24) is 14.6 Å². The highest BCUT2D eigenvalue weighted by Gasteiger charge is 2.35. The molecule has 0 spiro atoms. The second kappa shape index (κ2) is 13.6. The van der Waals surface area contributed by atoms with E-state index in [1.165, 1.54) is 21.7 Å². The van der Waals surface area contributed by atoms with Gasteiger partial charge in [-0.25, -0.2) is 13.4 Å². The van der Waals surface area contributed by atoms with Gasteiger partial charge in [0.05, 0.1) is 22.4 Å². The van der Waals surface area contributed by atoms with Crippen molar-refractivity contribution in [2.45, 2.75) is 44.6 Å². The summed E-state index contributed by atoms with van der Waals surface area (Å²) in [5, 5.41) is 13.9. The van der Waals surface area contributed by atoms with Crippen LogP contribution in [0.25, 0.3) is 10.2 Å². The predicted octanol–water partition coefficient (Wildman–Crippen LogP) is 5.10. The summed E-state index contributed by atoms with van der Waals surface area (Å²) in [5.41, 5.74) is 9.31. The fourth-order valence-electron chi connectivity index (χ4n) is 4.98. The molecule has 0 aliphatic rings. The number of anilines is 1. The fourth-order valence-corrected chi connectivity index (χ4v) is 7.68. The number of rotatable bonds is 13. The number of nitrogen functional groups attached to an aromatic ring is 1. The molecule has 0 aliphatic carbocycles. The molecular weight excluding hydrogens is 569 g/mol. The number of hydrogen-bond donors (Lipinski definition) is 3. The van der Waals surface area contributed by atoms with Crippen molar-refractivity contribution in [2.24, 2.45) is 5.92 Å². The molecule has 3 unspecified atom stereocenters. The molecule has 4 N–H and O–H groups in total. The summed E-state index contributed by atoms with van der Waals surface area (Å²) in [4.78, 5) is 17.6. The number of nitrogens with one attached hydrogen (secondary N) is 1. The lowest BCUT2D eigenvalue weighted by Gasteiger charge is -2.32. The first-order chi connectivity index (χ1) is 20.0. The van der Waals surface area contributed by atoms with Crippen LogP contribution >= 0.6 is 11.3 Å². The van der Waals surface area contributed by atoms with Crippen LogP contribution in [0.3, 0.4) is 0 Å². The number of hydrogen-bond acceptors (Lipinski definition) is 7. The number of carbonyl (C=O) groups is 1. The Kier molecular flexibility index (Phi) is 10.2. The molecular formula is C32H38N4O4S2. The maximum atomic E-state index is 14.2. The first-order valence-electron chi connectivity index (χ1n) is 13.9. The molecule has 0 aliphatic heterocycles. The monoisotopic (exact) mass is 606 g/mol. The Bertz CT molecular complexity index is 1640. The van der Waals surface area contributed by atoms with Crippen LogP contribution in [0.1, 0.15) is 46.1 Å². The van der Waals surface area contributed by atoms with E-state index < -0.39 is 27.4 Å². The minimum atomic E-state index is -4.02. The highest BCUT2D eigenvalue weighted by molar-refractivity contribution is 7.89. The highest BCUT2D eigenvalue weighted by Crippen LogP contribution is 2.32. The molecule has 3 aromatic carbocycles. The third-order valence-corrected chi connectivity index (χ3v) is 10.1. The highest BCUT2D eigenvalue weighted by atomic mass is 32.2. The number of benzene rings is 3. The normalized spacial score (nSPS) is 14.1. The van der Waals surface area contributed by atoms with Gasteiger partial charge in [0, 0.05) is 18.7 Å². The summed E-state index contributed by atoms with van der Waals surface area (Å²) in [6, 6.07) is 21.2. The van der Waals surface area contributed by atoms with Crippen molar-refractivity contribution in [1.29, 1.82) is 0 Å². The van der Waals surface area contributed by atoms with E-state index in [9.17, 15) is 18.3 Å². The minimum absolute atomic E-state index is 0.0182. The van der Waals surface area contributed by atoms with E-state index in [-0.39, 0.29) is 24.9 Å². The van der Waals surface area contributed by atoms with Crippen LogP contribution in [0.2, 0.25) is 0 Å². The van der Waals surface area contributed by atoms with Gasteiger partial charge in [-0.3, -0.25) is 4.79 Å². The molecule has 3 atom stereocenters. The van der Waals surface area contributed by atoms with Crippen molar-refractivity contribution in [2.75, 3.05) is 18.8 Å². The molecule has 4 rings (SSSR count). The maximum absolute atomic E-state index is 14.2. The van der Waals surface area contributed by atoms with Crippen molar-refractivity contribution in [3.05, 3.63) is 108 Å². The Morgan fingerprint density at radius 3 is 2.45 bits per heavy atom. The van der Waals surface area contributed by atoms with Gasteiger partial charge in [0.25, 0.3) is 5.91 Å². The van der Waals surface area contributed by atoms with Crippen LogP contribution in [0.5, 0.6) is 0 Å². The second-order valence-corrected chi connectivity index (χ2v) is 14.0. The number of thiazole rings is 1. The molecule has 1 heterocycles. The zero-order valence-electron chi connectivity index (χ0n) is 24.1. The molecule has 1 aromatic heterocycles.